The molecular formula is C29H35N3O2S2. The third-order valence-corrected chi connectivity index (χ3v) is 9.91. The van der Waals surface area contributed by atoms with Crippen molar-refractivity contribution in [1.82, 2.24) is 9.80 Å². The summed E-state index contributed by atoms with van der Waals surface area (Å²) in [6.45, 7) is 5.46. The van der Waals surface area contributed by atoms with E-state index >= 15 is 0 Å². The summed E-state index contributed by atoms with van der Waals surface area (Å²) in [6, 6.07) is 9.38. The van der Waals surface area contributed by atoms with Gasteiger partial charge in [0.15, 0.2) is 5.11 Å². The Balaban J connectivity index is 1.27. The van der Waals surface area contributed by atoms with Crippen molar-refractivity contribution in [2.24, 2.45) is 11.8 Å². The van der Waals surface area contributed by atoms with Crippen LogP contribution in [0.15, 0.2) is 41.3 Å². The maximum atomic E-state index is 12.9. The van der Waals surface area contributed by atoms with Crippen molar-refractivity contribution in [2.75, 3.05) is 32.1 Å². The number of likely N-dealkylation sites (tertiary alicyclic amines) is 1. The van der Waals surface area contributed by atoms with E-state index in [9.17, 15) is 4.79 Å². The molecule has 3 aliphatic heterocycles. The minimum atomic E-state index is -0.333. The number of anilines is 1. The van der Waals surface area contributed by atoms with Gasteiger partial charge >= 0.3 is 5.97 Å². The number of carbonyl (C=O) groups excluding carboxylic acids is 1. The first-order chi connectivity index (χ1) is 17.5. The molecule has 190 valence electrons. The highest BCUT2D eigenvalue weighted by molar-refractivity contribution is 7.80. The summed E-state index contributed by atoms with van der Waals surface area (Å²) >= 11 is 7.57. The van der Waals surface area contributed by atoms with Gasteiger partial charge < -0.3 is 15.0 Å². The van der Waals surface area contributed by atoms with Gasteiger partial charge in [0.05, 0.1) is 13.2 Å². The first-order valence-electron chi connectivity index (χ1n) is 13.3. The molecule has 0 saturated carbocycles. The number of thiophene rings is 1. The summed E-state index contributed by atoms with van der Waals surface area (Å²) in [5, 5.41) is 7.03. The van der Waals surface area contributed by atoms with Gasteiger partial charge in [-0.1, -0.05) is 47.9 Å². The van der Waals surface area contributed by atoms with E-state index < -0.39 is 0 Å². The van der Waals surface area contributed by atoms with Crippen molar-refractivity contribution in [1.29, 1.82) is 0 Å². The Hall–Kier alpha value is -2.22. The Labute approximate surface area is 223 Å². The molecule has 2 aromatic rings. The molecule has 1 aliphatic carbocycles. The first kappa shape index (κ1) is 24.1. The highest BCUT2D eigenvalue weighted by atomic mass is 32.1. The number of nitrogens with one attached hydrogen (secondary N) is 1. The normalized spacial score (nSPS) is 27.5. The van der Waals surface area contributed by atoms with E-state index in [0.717, 1.165) is 40.2 Å². The first-order valence-corrected chi connectivity index (χ1v) is 14.6. The van der Waals surface area contributed by atoms with E-state index in [1.54, 1.807) is 5.57 Å². The minimum absolute atomic E-state index is 0.333. The van der Waals surface area contributed by atoms with Crippen LogP contribution in [0, 0.1) is 18.8 Å². The number of hydrogen-bond acceptors (Lipinski definition) is 5. The molecule has 36 heavy (non-hydrogen) atoms. The second-order valence-corrected chi connectivity index (χ2v) is 12.1. The van der Waals surface area contributed by atoms with E-state index in [1.165, 1.54) is 69.2 Å². The number of hydrogen-bond donors (Lipinski definition) is 1. The van der Waals surface area contributed by atoms with Crippen LogP contribution in [0.1, 0.15) is 54.4 Å². The van der Waals surface area contributed by atoms with Crippen LogP contribution in [-0.2, 0) is 4.74 Å². The van der Waals surface area contributed by atoms with Crippen LogP contribution in [0.25, 0.3) is 11.1 Å². The highest BCUT2D eigenvalue weighted by Gasteiger charge is 2.46. The molecular weight excluding hydrogens is 486 g/mol. The Morgan fingerprint density at radius 2 is 2.00 bits per heavy atom. The summed E-state index contributed by atoms with van der Waals surface area (Å²) in [4.78, 5) is 18.1. The molecule has 1 N–H and O–H groups in total. The van der Waals surface area contributed by atoms with Gasteiger partial charge in [-0.25, -0.2) is 4.79 Å². The molecule has 7 heteroatoms. The lowest BCUT2D eigenvalue weighted by molar-refractivity contribution is 0.0132. The predicted octanol–water partition coefficient (Wildman–Crippen LogP) is 6.10. The average molecular weight is 522 g/mol. The average Bonchev–Trinajstić information content (AvgIpc) is 3.31. The van der Waals surface area contributed by atoms with Crippen LogP contribution in [0.2, 0.25) is 0 Å². The Kier molecular flexibility index (Phi) is 6.65. The smallest absolute Gasteiger partial charge is 0.341 e. The number of methoxy groups -OCH3 is 1. The third-order valence-electron chi connectivity index (χ3n) is 8.68. The fourth-order valence-electron chi connectivity index (χ4n) is 7.07. The summed E-state index contributed by atoms with van der Waals surface area (Å²) in [7, 11) is 1.44. The van der Waals surface area contributed by atoms with Crippen LogP contribution in [0.3, 0.4) is 0 Å². The lowest BCUT2D eigenvalue weighted by Gasteiger charge is -2.55. The van der Waals surface area contributed by atoms with Crippen LogP contribution in [-0.4, -0.2) is 59.7 Å². The molecule has 4 heterocycles. The molecule has 3 saturated heterocycles. The lowest BCUT2D eigenvalue weighted by Crippen LogP contribution is -2.60. The predicted molar refractivity (Wildman–Crippen MR) is 151 cm³/mol. The maximum absolute atomic E-state index is 12.9. The van der Waals surface area contributed by atoms with Crippen molar-refractivity contribution in [3.8, 4) is 11.1 Å². The molecule has 3 fully saturated rings. The SMILES string of the molecule is COC(=O)c1c(-c2ccc(C)cc2)csc1NC(=S)N1CCCC2=C[C@H]3C[C@H](CN4CCCC[C@H]34)[C@@H]21. The molecule has 4 atom stereocenters. The van der Waals surface area contributed by atoms with E-state index in [1.807, 2.05) is 5.38 Å². The fourth-order valence-corrected chi connectivity index (χ4v) is 8.40. The van der Waals surface area contributed by atoms with Crippen LogP contribution in [0.4, 0.5) is 5.00 Å². The van der Waals surface area contributed by atoms with Gasteiger partial charge in [-0.3, -0.25) is 4.90 Å². The summed E-state index contributed by atoms with van der Waals surface area (Å²) < 4.78 is 5.19. The summed E-state index contributed by atoms with van der Waals surface area (Å²) in [6.07, 6.45) is 10.3. The van der Waals surface area contributed by atoms with Crippen LogP contribution in [0.5, 0.6) is 0 Å². The second kappa shape index (κ2) is 9.92. The summed E-state index contributed by atoms with van der Waals surface area (Å²) in [5.41, 5.74) is 5.25. The maximum Gasteiger partial charge on any atom is 0.341 e. The zero-order valence-corrected chi connectivity index (χ0v) is 22.8. The zero-order valence-electron chi connectivity index (χ0n) is 21.2. The van der Waals surface area contributed by atoms with Crippen molar-refractivity contribution in [2.45, 2.75) is 57.5 Å². The number of nitrogens with zero attached hydrogens (tertiary/aromatic N) is 2. The Morgan fingerprint density at radius 3 is 2.81 bits per heavy atom. The van der Waals surface area contributed by atoms with Crippen molar-refractivity contribution < 1.29 is 9.53 Å². The zero-order chi connectivity index (χ0) is 24.8. The van der Waals surface area contributed by atoms with E-state index in [2.05, 4.69) is 52.4 Å². The van der Waals surface area contributed by atoms with Gasteiger partial charge in [0, 0.05) is 30.1 Å². The standard InChI is InChI=1S/C29H35N3O2S2/c1-18-8-10-19(11-9-18)23-17-36-27(25(23)28(33)34-2)30-29(35)32-13-5-6-20-14-21-15-22(26(20)32)16-31-12-4-3-7-24(21)31/h8-11,14,17,21-22,24,26H,3-7,12-13,15-16H2,1-2H3,(H,30,35)/t21-,22+,24+,26+/m0/s1. The number of fused-ring (bicyclic) bond motifs is 6. The number of esters is 1. The largest absolute Gasteiger partial charge is 0.465 e. The van der Waals surface area contributed by atoms with Gasteiger partial charge in [-0.2, -0.15) is 0 Å². The number of ether oxygens (including phenoxy) is 1. The van der Waals surface area contributed by atoms with E-state index in [0.29, 0.717) is 23.4 Å². The number of benzene rings is 1. The molecule has 1 aromatic carbocycles. The summed E-state index contributed by atoms with van der Waals surface area (Å²) in [5.74, 6) is 0.994. The molecule has 0 amide bonds. The fraction of sp³-hybridized carbons (Fsp3) is 0.517. The molecule has 6 rings (SSSR count). The highest BCUT2D eigenvalue weighted by Crippen LogP contribution is 2.45. The Bertz CT molecular complexity index is 1190. The number of carbonyl (C=O) groups is 1. The van der Waals surface area contributed by atoms with Crippen molar-refractivity contribution in [3.63, 3.8) is 0 Å². The van der Waals surface area contributed by atoms with Crippen molar-refractivity contribution in [3.05, 3.63) is 52.4 Å². The molecule has 0 radical (unpaired) electrons. The molecule has 0 unspecified atom stereocenters. The van der Waals surface area contributed by atoms with Gasteiger partial charge in [0.1, 0.15) is 10.6 Å². The number of thiocarbonyl (C=S) groups is 1. The molecule has 5 nitrogen and oxygen atoms in total. The second-order valence-electron chi connectivity index (χ2n) is 10.8. The van der Waals surface area contributed by atoms with Crippen molar-refractivity contribution >= 4 is 39.6 Å². The minimum Gasteiger partial charge on any atom is -0.465 e. The van der Waals surface area contributed by atoms with Crippen LogP contribution < -0.4 is 5.32 Å². The van der Waals surface area contributed by atoms with Gasteiger partial charge in [-0.05, 0) is 75.2 Å². The van der Waals surface area contributed by atoms with E-state index in [-0.39, 0.29) is 5.97 Å². The topological polar surface area (TPSA) is 44.8 Å². The molecule has 0 spiro atoms. The Morgan fingerprint density at radius 1 is 1.17 bits per heavy atom. The molecule has 2 bridgehead atoms. The molecule has 1 aromatic heterocycles. The van der Waals surface area contributed by atoms with Crippen LogP contribution >= 0.6 is 23.6 Å². The van der Waals surface area contributed by atoms with Gasteiger partial charge in [0.25, 0.3) is 0 Å². The van der Waals surface area contributed by atoms with Gasteiger partial charge in [-0.15, -0.1) is 11.3 Å². The lowest BCUT2D eigenvalue weighted by atomic mass is 9.68. The van der Waals surface area contributed by atoms with E-state index in [4.69, 9.17) is 17.0 Å². The third kappa shape index (κ3) is 4.29. The quantitative estimate of drug-likeness (QED) is 0.299. The molecule has 4 aliphatic rings. The number of piperidine rings is 3. The number of aryl methyl sites for hydroxylation is 1. The number of rotatable bonds is 3. The van der Waals surface area contributed by atoms with Gasteiger partial charge in [0.2, 0.25) is 0 Å². The monoisotopic (exact) mass is 521 g/mol.